The summed E-state index contributed by atoms with van der Waals surface area (Å²) in [5.74, 6) is 1.29. The number of hydrogen-bond donors (Lipinski definition) is 2. The van der Waals surface area contributed by atoms with E-state index in [-0.39, 0.29) is 29.8 Å². The van der Waals surface area contributed by atoms with Gasteiger partial charge in [-0.2, -0.15) is 5.10 Å². The fourth-order valence-corrected chi connectivity index (χ4v) is 2.76. The number of nitrogens with zero attached hydrogens (tertiary/aromatic N) is 4. The summed E-state index contributed by atoms with van der Waals surface area (Å²) in [7, 11) is 1.74. The second-order valence-electron chi connectivity index (χ2n) is 6.15. The Hall–Kier alpha value is -2.49. The fourth-order valence-electron chi connectivity index (χ4n) is 2.76. The van der Waals surface area contributed by atoms with Gasteiger partial charge in [0.25, 0.3) is 0 Å². The molecule has 0 aliphatic carbocycles. The molecule has 0 atom stereocenters. The highest BCUT2D eigenvalue weighted by molar-refractivity contribution is 14.0. The van der Waals surface area contributed by atoms with Gasteiger partial charge >= 0.3 is 0 Å². The standard InChI is InChI=1S/C20H23FN6.HI/c1-15-12-18(21)5-4-17(15)7-10-24-20(22-2)25-14-16-6-9-23-19(13-16)27-11-3-8-26-27;/h3-6,8-9,11-13H,7,10,14H2,1-2H3,(H2,22,24,25);1H. The first kappa shape index (κ1) is 21.8. The minimum atomic E-state index is -0.200. The molecule has 0 amide bonds. The largest absolute Gasteiger partial charge is 0.356 e. The van der Waals surface area contributed by atoms with Crippen LogP contribution in [0.15, 0.2) is 60.0 Å². The van der Waals surface area contributed by atoms with Crippen LogP contribution in [0.3, 0.4) is 0 Å². The van der Waals surface area contributed by atoms with Crippen molar-refractivity contribution in [2.24, 2.45) is 4.99 Å². The molecule has 8 heteroatoms. The summed E-state index contributed by atoms with van der Waals surface area (Å²) in [6, 6.07) is 10.7. The zero-order valence-electron chi connectivity index (χ0n) is 15.9. The average molecular weight is 494 g/mol. The van der Waals surface area contributed by atoms with Crippen LogP contribution in [0.2, 0.25) is 0 Å². The van der Waals surface area contributed by atoms with Gasteiger partial charge < -0.3 is 10.6 Å². The first-order valence-corrected chi connectivity index (χ1v) is 8.80. The molecule has 0 radical (unpaired) electrons. The van der Waals surface area contributed by atoms with Crippen molar-refractivity contribution in [3.05, 3.63) is 77.5 Å². The first-order chi connectivity index (χ1) is 13.2. The van der Waals surface area contributed by atoms with Crippen LogP contribution in [-0.4, -0.2) is 34.3 Å². The van der Waals surface area contributed by atoms with E-state index in [0.29, 0.717) is 19.0 Å². The van der Waals surface area contributed by atoms with Crippen LogP contribution in [0.25, 0.3) is 5.82 Å². The molecule has 0 aliphatic rings. The summed E-state index contributed by atoms with van der Waals surface area (Å²) < 4.78 is 14.9. The lowest BCUT2D eigenvalue weighted by Crippen LogP contribution is -2.37. The summed E-state index contributed by atoms with van der Waals surface area (Å²) in [5.41, 5.74) is 3.16. The molecule has 2 aromatic heterocycles. The molecule has 3 aromatic rings. The van der Waals surface area contributed by atoms with Gasteiger partial charge in [-0.3, -0.25) is 4.99 Å². The van der Waals surface area contributed by atoms with Gasteiger partial charge in [-0.25, -0.2) is 14.1 Å². The predicted molar refractivity (Wildman–Crippen MR) is 120 cm³/mol. The number of halogens is 2. The van der Waals surface area contributed by atoms with Gasteiger partial charge in [-0.05, 0) is 60.4 Å². The first-order valence-electron chi connectivity index (χ1n) is 8.80. The number of nitrogens with one attached hydrogen (secondary N) is 2. The zero-order valence-corrected chi connectivity index (χ0v) is 18.2. The van der Waals surface area contributed by atoms with Crippen molar-refractivity contribution in [1.29, 1.82) is 0 Å². The van der Waals surface area contributed by atoms with Gasteiger partial charge in [0.15, 0.2) is 11.8 Å². The number of pyridine rings is 1. The smallest absolute Gasteiger partial charge is 0.191 e. The Balaban J connectivity index is 0.00000280. The molecular formula is C20H24FIN6. The molecule has 0 fully saturated rings. The number of aliphatic imine (C=N–C) groups is 1. The number of hydrogen-bond acceptors (Lipinski definition) is 3. The Labute approximate surface area is 181 Å². The maximum Gasteiger partial charge on any atom is 0.191 e. The molecular weight excluding hydrogens is 470 g/mol. The lowest BCUT2D eigenvalue weighted by atomic mass is 10.1. The zero-order chi connectivity index (χ0) is 19.1. The number of benzene rings is 1. The highest BCUT2D eigenvalue weighted by atomic mass is 127. The number of aromatic nitrogens is 3. The van der Waals surface area contributed by atoms with Crippen LogP contribution in [0.4, 0.5) is 4.39 Å². The van der Waals surface area contributed by atoms with Gasteiger partial charge in [-0.1, -0.05) is 6.07 Å². The molecule has 0 unspecified atom stereocenters. The molecule has 2 heterocycles. The van der Waals surface area contributed by atoms with Gasteiger partial charge in [-0.15, -0.1) is 24.0 Å². The van der Waals surface area contributed by atoms with E-state index in [2.05, 4.69) is 25.7 Å². The summed E-state index contributed by atoms with van der Waals surface area (Å²) >= 11 is 0. The monoisotopic (exact) mass is 494 g/mol. The third-order valence-corrected chi connectivity index (χ3v) is 4.22. The number of aryl methyl sites for hydroxylation is 1. The SMILES string of the molecule is CN=C(NCCc1ccc(F)cc1C)NCc1ccnc(-n2cccn2)c1.I. The molecule has 28 heavy (non-hydrogen) atoms. The van der Waals surface area contributed by atoms with E-state index in [1.807, 2.05) is 37.4 Å². The average Bonchev–Trinajstić information content (AvgIpc) is 3.21. The van der Waals surface area contributed by atoms with Gasteiger partial charge in [0, 0.05) is 38.7 Å². The van der Waals surface area contributed by atoms with Crippen molar-refractivity contribution < 1.29 is 4.39 Å². The van der Waals surface area contributed by atoms with E-state index in [0.717, 1.165) is 28.9 Å². The van der Waals surface area contributed by atoms with Crippen LogP contribution >= 0.6 is 24.0 Å². The van der Waals surface area contributed by atoms with E-state index in [1.165, 1.54) is 6.07 Å². The summed E-state index contributed by atoms with van der Waals surface area (Å²) in [5, 5.41) is 10.8. The topological polar surface area (TPSA) is 67.1 Å². The van der Waals surface area contributed by atoms with Gasteiger partial charge in [0.1, 0.15) is 5.82 Å². The molecule has 3 rings (SSSR count). The highest BCUT2D eigenvalue weighted by Crippen LogP contribution is 2.10. The van der Waals surface area contributed by atoms with E-state index in [1.54, 1.807) is 30.2 Å². The normalized spacial score (nSPS) is 11.0. The van der Waals surface area contributed by atoms with E-state index in [4.69, 9.17) is 0 Å². The molecule has 0 spiro atoms. The molecule has 148 valence electrons. The van der Waals surface area contributed by atoms with Crippen LogP contribution < -0.4 is 10.6 Å². The van der Waals surface area contributed by atoms with E-state index < -0.39 is 0 Å². The molecule has 2 N–H and O–H groups in total. The van der Waals surface area contributed by atoms with Crippen molar-refractivity contribution in [3.63, 3.8) is 0 Å². The van der Waals surface area contributed by atoms with Gasteiger partial charge in [0.05, 0.1) is 0 Å². The third-order valence-electron chi connectivity index (χ3n) is 4.22. The minimum Gasteiger partial charge on any atom is -0.356 e. The Bertz CT molecular complexity index is 911. The van der Waals surface area contributed by atoms with Crippen molar-refractivity contribution in [3.8, 4) is 5.82 Å². The summed E-state index contributed by atoms with van der Waals surface area (Å²) in [6.45, 7) is 3.25. The van der Waals surface area contributed by atoms with Crippen LogP contribution in [-0.2, 0) is 13.0 Å². The number of guanidine groups is 1. The molecule has 0 saturated heterocycles. The van der Waals surface area contributed by atoms with Crippen molar-refractivity contribution in [2.75, 3.05) is 13.6 Å². The lowest BCUT2D eigenvalue weighted by Gasteiger charge is -2.13. The molecule has 6 nitrogen and oxygen atoms in total. The summed E-state index contributed by atoms with van der Waals surface area (Å²) in [6.07, 6.45) is 6.14. The summed E-state index contributed by atoms with van der Waals surface area (Å²) in [4.78, 5) is 8.57. The Kier molecular flexibility index (Phi) is 8.37. The maximum atomic E-state index is 13.2. The van der Waals surface area contributed by atoms with Crippen LogP contribution in [0, 0.1) is 12.7 Å². The molecule has 1 aromatic carbocycles. The quantitative estimate of drug-likeness (QED) is 0.314. The fraction of sp³-hybridized carbons (Fsp3) is 0.250. The Morgan fingerprint density at radius 1 is 1.18 bits per heavy atom. The Morgan fingerprint density at radius 2 is 2.04 bits per heavy atom. The minimum absolute atomic E-state index is 0. The molecule has 0 aliphatic heterocycles. The van der Waals surface area contributed by atoms with Crippen molar-refractivity contribution in [1.82, 2.24) is 25.4 Å². The maximum absolute atomic E-state index is 13.2. The second kappa shape index (κ2) is 10.7. The predicted octanol–water partition coefficient (Wildman–Crippen LogP) is 3.24. The number of rotatable bonds is 6. The van der Waals surface area contributed by atoms with E-state index in [9.17, 15) is 4.39 Å². The Morgan fingerprint density at radius 3 is 2.75 bits per heavy atom. The highest BCUT2D eigenvalue weighted by Gasteiger charge is 2.04. The van der Waals surface area contributed by atoms with E-state index >= 15 is 0 Å². The van der Waals surface area contributed by atoms with Crippen LogP contribution in [0.1, 0.15) is 16.7 Å². The van der Waals surface area contributed by atoms with Crippen molar-refractivity contribution in [2.45, 2.75) is 19.9 Å². The van der Waals surface area contributed by atoms with Crippen molar-refractivity contribution >= 4 is 29.9 Å². The van der Waals surface area contributed by atoms with Crippen LogP contribution in [0.5, 0.6) is 0 Å². The third kappa shape index (κ3) is 6.01. The van der Waals surface area contributed by atoms with Gasteiger partial charge in [0.2, 0.25) is 0 Å². The molecule has 0 bridgehead atoms. The lowest BCUT2D eigenvalue weighted by molar-refractivity contribution is 0.625. The second-order valence-corrected chi connectivity index (χ2v) is 6.15. The molecule has 0 saturated carbocycles.